The molecule has 2 rings (SSSR count). The Bertz CT molecular complexity index is 984. The van der Waals surface area contributed by atoms with E-state index in [4.69, 9.17) is 32.7 Å². The Labute approximate surface area is 199 Å². The van der Waals surface area contributed by atoms with Crippen molar-refractivity contribution in [1.82, 2.24) is 0 Å². The standard InChI is InChI=1S/C25H28Cl2N2O3/c1-3-4-5-6-7-8-12-32-24-22(27)14-18(15-23(24)31-2)13-19(17-28)25(30)29-21-11-9-10-20(26)16-21/h9-11,13-16H,3-8,12H2,1-2H3,(H,29,30)/b19-13-. The molecule has 5 nitrogen and oxygen atoms in total. The molecule has 0 bridgehead atoms. The van der Waals surface area contributed by atoms with Crippen molar-refractivity contribution in [1.29, 1.82) is 5.26 Å². The van der Waals surface area contributed by atoms with E-state index in [1.807, 2.05) is 6.07 Å². The molecule has 0 saturated heterocycles. The Hall–Kier alpha value is -2.68. The highest BCUT2D eigenvalue weighted by Crippen LogP contribution is 2.37. The van der Waals surface area contributed by atoms with Crippen LogP contribution in [0.15, 0.2) is 42.0 Å². The largest absolute Gasteiger partial charge is 0.493 e. The summed E-state index contributed by atoms with van der Waals surface area (Å²) in [5.41, 5.74) is 0.970. The Morgan fingerprint density at radius 2 is 1.88 bits per heavy atom. The van der Waals surface area contributed by atoms with Crippen LogP contribution in [0.5, 0.6) is 11.5 Å². The number of hydrogen-bond acceptors (Lipinski definition) is 4. The van der Waals surface area contributed by atoms with E-state index in [0.29, 0.717) is 39.4 Å². The average Bonchev–Trinajstić information content (AvgIpc) is 2.77. The molecular formula is C25H28Cl2N2O3. The summed E-state index contributed by atoms with van der Waals surface area (Å²) in [6, 6.07) is 11.9. The second kappa shape index (κ2) is 13.7. The SMILES string of the molecule is CCCCCCCCOc1c(Cl)cc(/C=C(/C#N)C(=O)Nc2cccc(Cl)c2)cc1OC. The van der Waals surface area contributed by atoms with Crippen LogP contribution in [0, 0.1) is 11.3 Å². The minimum Gasteiger partial charge on any atom is -0.493 e. The summed E-state index contributed by atoms with van der Waals surface area (Å²) >= 11 is 12.4. The van der Waals surface area contributed by atoms with Crippen molar-refractivity contribution < 1.29 is 14.3 Å². The van der Waals surface area contributed by atoms with Crippen molar-refractivity contribution >= 4 is 40.9 Å². The first-order valence-electron chi connectivity index (χ1n) is 10.7. The van der Waals surface area contributed by atoms with Gasteiger partial charge in [-0.15, -0.1) is 0 Å². The topological polar surface area (TPSA) is 71.3 Å². The van der Waals surface area contributed by atoms with Gasteiger partial charge in [-0.1, -0.05) is 68.3 Å². The third-order valence-corrected chi connectivity index (χ3v) is 5.27. The fourth-order valence-corrected chi connectivity index (χ4v) is 3.56. The summed E-state index contributed by atoms with van der Waals surface area (Å²) < 4.78 is 11.3. The number of anilines is 1. The first kappa shape index (κ1) is 25.6. The summed E-state index contributed by atoms with van der Waals surface area (Å²) in [5.74, 6) is 0.359. The lowest BCUT2D eigenvalue weighted by Gasteiger charge is -2.13. The van der Waals surface area contributed by atoms with Gasteiger partial charge in [-0.25, -0.2) is 0 Å². The predicted molar refractivity (Wildman–Crippen MR) is 131 cm³/mol. The van der Waals surface area contributed by atoms with Gasteiger partial charge in [-0.3, -0.25) is 4.79 Å². The molecule has 0 atom stereocenters. The lowest BCUT2D eigenvalue weighted by molar-refractivity contribution is -0.112. The summed E-state index contributed by atoms with van der Waals surface area (Å²) in [4.78, 5) is 12.5. The van der Waals surface area contributed by atoms with Crippen molar-refractivity contribution in [3.8, 4) is 17.6 Å². The summed E-state index contributed by atoms with van der Waals surface area (Å²) in [5, 5.41) is 13.0. The Kier molecular flexibility index (Phi) is 10.9. The molecule has 32 heavy (non-hydrogen) atoms. The Balaban J connectivity index is 2.08. The third kappa shape index (κ3) is 8.11. The molecule has 0 saturated carbocycles. The smallest absolute Gasteiger partial charge is 0.266 e. The normalized spacial score (nSPS) is 11.0. The van der Waals surface area contributed by atoms with Gasteiger partial charge in [0.2, 0.25) is 0 Å². The monoisotopic (exact) mass is 474 g/mol. The number of amides is 1. The number of carbonyl (C=O) groups is 1. The number of nitrogens with one attached hydrogen (secondary N) is 1. The fraction of sp³-hybridized carbons (Fsp3) is 0.360. The van der Waals surface area contributed by atoms with Crippen LogP contribution in [0.3, 0.4) is 0 Å². The summed E-state index contributed by atoms with van der Waals surface area (Å²) in [7, 11) is 1.52. The van der Waals surface area contributed by atoms with E-state index in [-0.39, 0.29) is 5.57 Å². The van der Waals surface area contributed by atoms with E-state index in [2.05, 4.69) is 12.2 Å². The molecule has 7 heteroatoms. The van der Waals surface area contributed by atoms with Crippen LogP contribution in [-0.4, -0.2) is 19.6 Å². The molecule has 2 aromatic carbocycles. The van der Waals surface area contributed by atoms with Crippen LogP contribution >= 0.6 is 23.2 Å². The molecule has 0 aliphatic rings. The number of carbonyl (C=O) groups excluding carboxylic acids is 1. The van der Waals surface area contributed by atoms with Gasteiger partial charge in [0.1, 0.15) is 11.6 Å². The van der Waals surface area contributed by atoms with Gasteiger partial charge in [0.25, 0.3) is 5.91 Å². The van der Waals surface area contributed by atoms with Gasteiger partial charge < -0.3 is 14.8 Å². The van der Waals surface area contributed by atoms with Gasteiger partial charge in [-0.05, 0) is 48.4 Å². The molecule has 0 aromatic heterocycles. The van der Waals surface area contributed by atoms with Crippen LogP contribution < -0.4 is 14.8 Å². The molecule has 2 aromatic rings. The molecule has 0 heterocycles. The number of nitriles is 1. The first-order valence-corrected chi connectivity index (χ1v) is 11.4. The second-order valence-corrected chi connectivity index (χ2v) is 8.13. The molecular weight excluding hydrogens is 447 g/mol. The van der Waals surface area contributed by atoms with Crippen LogP contribution in [0.4, 0.5) is 5.69 Å². The molecule has 0 aliphatic heterocycles. The summed E-state index contributed by atoms with van der Waals surface area (Å²) in [6.07, 6.45) is 8.41. The van der Waals surface area contributed by atoms with Gasteiger partial charge in [0.15, 0.2) is 11.5 Å². The van der Waals surface area contributed by atoms with E-state index >= 15 is 0 Å². The quantitative estimate of drug-likeness (QED) is 0.199. The number of halogens is 2. The number of unbranched alkanes of at least 4 members (excludes halogenated alkanes) is 5. The molecule has 0 spiro atoms. The number of nitrogens with zero attached hydrogens (tertiary/aromatic N) is 1. The van der Waals surface area contributed by atoms with Crippen LogP contribution in [0.25, 0.3) is 6.08 Å². The molecule has 1 amide bonds. The molecule has 170 valence electrons. The zero-order valence-corrected chi connectivity index (χ0v) is 19.9. The highest BCUT2D eigenvalue weighted by molar-refractivity contribution is 6.32. The predicted octanol–water partition coefficient (Wildman–Crippen LogP) is 7.29. The minimum absolute atomic E-state index is 0.0798. The maximum Gasteiger partial charge on any atom is 0.266 e. The number of methoxy groups -OCH3 is 1. The Morgan fingerprint density at radius 1 is 1.12 bits per heavy atom. The first-order chi connectivity index (χ1) is 15.5. The van der Waals surface area contributed by atoms with Crippen molar-refractivity contribution in [3.63, 3.8) is 0 Å². The maximum atomic E-state index is 12.5. The van der Waals surface area contributed by atoms with Gasteiger partial charge in [0, 0.05) is 10.7 Å². The third-order valence-electron chi connectivity index (χ3n) is 4.75. The van der Waals surface area contributed by atoms with E-state index in [9.17, 15) is 10.1 Å². The number of rotatable bonds is 12. The minimum atomic E-state index is -0.548. The second-order valence-electron chi connectivity index (χ2n) is 7.28. The molecule has 0 fully saturated rings. The number of benzene rings is 2. The molecule has 0 aliphatic carbocycles. The van der Waals surface area contributed by atoms with E-state index in [0.717, 1.165) is 12.8 Å². The Morgan fingerprint density at radius 3 is 2.56 bits per heavy atom. The van der Waals surface area contributed by atoms with Crippen LogP contribution in [0.2, 0.25) is 10.0 Å². The number of hydrogen-bond donors (Lipinski definition) is 1. The fourth-order valence-electron chi connectivity index (χ4n) is 3.10. The lowest BCUT2D eigenvalue weighted by Crippen LogP contribution is -2.13. The van der Waals surface area contributed by atoms with Crippen molar-refractivity contribution in [2.45, 2.75) is 45.4 Å². The molecule has 1 N–H and O–H groups in total. The van der Waals surface area contributed by atoms with Gasteiger partial charge >= 0.3 is 0 Å². The highest BCUT2D eigenvalue weighted by atomic mass is 35.5. The van der Waals surface area contributed by atoms with Crippen LogP contribution in [-0.2, 0) is 4.79 Å². The zero-order chi connectivity index (χ0) is 23.3. The number of ether oxygens (including phenoxy) is 2. The van der Waals surface area contributed by atoms with E-state index in [1.54, 1.807) is 36.4 Å². The van der Waals surface area contributed by atoms with Crippen molar-refractivity contribution in [3.05, 3.63) is 57.6 Å². The zero-order valence-electron chi connectivity index (χ0n) is 18.4. The lowest BCUT2D eigenvalue weighted by atomic mass is 10.1. The maximum absolute atomic E-state index is 12.5. The molecule has 0 radical (unpaired) electrons. The van der Waals surface area contributed by atoms with E-state index in [1.165, 1.54) is 38.9 Å². The van der Waals surface area contributed by atoms with E-state index < -0.39 is 5.91 Å². The van der Waals surface area contributed by atoms with Crippen LogP contribution in [0.1, 0.15) is 51.0 Å². The molecule has 0 unspecified atom stereocenters. The van der Waals surface area contributed by atoms with Gasteiger partial charge in [0.05, 0.1) is 18.7 Å². The summed E-state index contributed by atoms with van der Waals surface area (Å²) in [6.45, 7) is 2.74. The van der Waals surface area contributed by atoms with Crippen molar-refractivity contribution in [2.75, 3.05) is 19.0 Å². The average molecular weight is 475 g/mol. The van der Waals surface area contributed by atoms with Crippen molar-refractivity contribution in [2.24, 2.45) is 0 Å². The van der Waals surface area contributed by atoms with Gasteiger partial charge in [-0.2, -0.15) is 5.26 Å². The highest BCUT2D eigenvalue weighted by Gasteiger charge is 2.14.